The minimum absolute atomic E-state index is 0.304. The first-order valence-corrected chi connectivity index (χ1v) is 14.3. The van der Waals surface area contributed by atoms with Crippen molar-refractivity contribution in [3.05, 3.63) is 0 Å². The van der Waals surface area contributed by atoms with Crippen LogP contribution in [0.1, 0.15) is 156 Å². The van der Waals surface area contributed by atoms with Gasteiger partial charge in [0.1, 0.15) is 0 Å². The van der Waals surface area contributed by atoms with Crippen LogP contribution < -0.4 is 0 Å². The maximum absolute atomic E-state index is 12.4. The standard InChI is InChI=1S/C28H58N2O/c1-5-9-10-11-12-13-14-15-16-17-18-19-20-21-22-23-24-25-26-27-28(31)30(8-4)29(6-2)7-3/h5-27H2,1-4H3. The van der Waals surface area contributed by atoms with Crippen LogP contribution in [0.4, 0.5) is 0 Å². The Kier molecular flexibility index (Phi) is 23.6. The molecule has 0 saturated carbocycles. The van der Waals surface area contributed by atoms with Crippen LogP contribution in [0.2, 0.25) is 0 Å². The van der Waals surface area contributed by atoms with Gasteiger partial charge in [-0.1, -0.05) is 136 Å². The van der Waals surface area contributed by atoms with Gasteiger partial charge in [-0.15, -0.1) is 0 Å². The number of amides is 1. The van der Waals surface area contributed by atoms with Crippen LogP contribution >= 0.6 is 0 Å². The van der Waals surface area contributed by atoms with E-state index in [4.69, 9.17) is 0 Å². The summed E-state index contributed by atoms with van der Waals surface area (Å²) in [5.41, 5.74) is 0. The van der Waals surface area contributed by atoms with Gasteiger partial charge in [0, 0.05) is 26.1 Å². The number of rotatable bonds is 24. The van der Waals surface area contributed by atoms with Crippen molar-refractivity contribution in [2.75, 3.05) is 19.6 Å². The molecule has 0 N–H and O–H groups in total. The first-order valence-electron chi connectivity index (χ1n) is 14.3. The lowest BCUT2D eigenvalue weighted by Gasteiger charge is -2.32. The Morgan fingerprint density at radius 2 is 0.774 bits per heavy atom. The fraction of sp³-hybridized carbons (Fsp3) is 0.964. The zero-order valence-electron chi connectivity index (χ0n) is 22.1. The summed E-state index contributed by atoms with van der Waals surface area (Å²) >= 11 is 0. The Balaban J connectivity index is 3.32. The zero-order valence-corrected chi connectivity index (χ0v) is 22.1. The number of hydrogen-bond acceptors (Lipinski definition) is 2. The van der Waals surface area contributed by atoms with E-state index >= 15 is 0 Å². The molecule has 0 saturated heterocycles. The van der Waals surface area contributed by atoms with Gasteiger partial charge in [0.25, 0.3) is 0 Å². The van der Waals surface area contributed by atoms with Crippen molar-refractivity contribution >= 4 is 5.91 Å². The van der Waals surface area contributed by atoms with Crippen LogP contribution in [0.15, 0.2) is 0 Å². The SMILES string of the molecule is CCCCCCCCCCCCCCCCCCCCCC(=O)N(CC)N(CC)CC. The first kappa shape index (κ1) is 30.4. The third kappa shape index (κ3) is 18.7. The van der Waals surface area contributed by atoms with Crippen LogP contribution in [-0.4, -0.2) is 35.6 Å². The highest BCUT2D eigenvalue weighted by atomic mass is 16.2. The molecule has 186 valence electrons. The molecule has 0 heterocycles. The van der Waals surface area contributed by atoms with E-state index in [-0.39, 0.29) is 0 Å². The van der Waals surface area contributed by atoms with Gasteiger partial charge in [-0.3, -0.25) is 9.80 Å². The summed E-state index contributed by atoms with van der Waals surface area (Å²) < 4.78 is 0. The predicted molar refractivity (Wildman–Crippen MR) is 138 cm³/mol. The molecule has 0 aromatic carbocycles. The molecule has 0 atom stereocenters. The minimum Gasteiger partial charge on any atom is -0.276 e. The zero-order chi connectivity index (χ0) is 23.0. The van der Waals surface area contributed by atoms with Crippen LogP contribution in [-0.2, 0) is 4.79 Å². The molecule has 0 aliphatic carbocycles. The van der Waals surface area contributed by atoms with Crippen LogP contribution in [0, 0.1) is 0 Å². The second-order valence-electron chi connectivity index (χ2n) is 9.36. The van der Waals surface area contributed by atoms with Crippen molar-refractivity contribution < 1.29 is 4.79 Å². The van der Waals surface area contributed by atoms with Gasteiger partial charge in [-0.05, 0) is 13.3 Å². The van der Waals surface area contributed by atoms with E-state index in [2.05, 4.69) is 32.7 Å². The predicted octanol–water partition coefficient (Wildman–Crippen LogP) is 8.91. The van der Waals surface area contributed by atoms with Crippen molar-refractivity contribution in [1.29, 1.82) is 0 Å². The Morgan fingerprint density at radius 3 is 1.06 bits per heavy atom. The number of unbranched alkanes of at least 4 members (excludes halogenated alkanes) is 18. The third-order valence-electron chi connectivity index (χ3n) is 6.65. The molecule has 0 spiro atoms. The lowest BCUT2D eigenvalue weighted by atomic mass is 10.0. The van der Waals surface area contributed by atoms with E-state index in [1.807, 2.05) is 5.01 Å². The number of hydrazine groups is 1. The van der Waals surface area contributed by atoms with Crippen LogP contribution in [0.3, 0.4) is 0 Å². The van der Waals surface area contributed by atoms with Gasteiger partial charge in [0.05, 0.1) is 0 Å². The largest absolute Gasteiger partial charge is 0.276 e. The Labute approximate surface area is 196 Å². The van der Waals surface area contributed by atoms with Gasteiger partial charge >= 0.3 is 0 Å². The molecule has 0 unspecified atom stereocenters. The quantitative estimate of drug-likeness (QED) is 0.111. The lowest BCUT2D eigenvalue weighted by Crippen LogP contribution is -2.46. The molecule has 0 radical (unpaired) electrons. The van der Waals surface area contributed by atoms with E-state index < -0.39 is 0 Å². The molecule has 0 aromatic rings. The van der Waals surface area contributed by atoms with Crippen LogP contribution in [0.25, 0.3) is 0 Å². The highest BCUT2D eigenvalue weighted by Crippen LogP contribution is 2.15. The molecule has 0 rings (SSSR count). The average molecular weight is 439 g/mol. The number of carbonyl (C=O) groups is 1. The Bertz CT molecular complexity index is 368. The van der Waals surface area contributed by atoms with E-state index in [9.17, 15) is 4.79 Å². The third-order valence-corrected chi connectivity index (χ3v) is 6.65. The summed E-state index contributed by atoms with van der Waals surface area (Å²) in [5.74, 6) is 0.304. The molecular weight excluding hydrogens is 380 g/mol. The maximum Gasteiger partial charge on any atom is 0.236 e. The number of nitrogens with zero attached hydrogens (tertiary/aromatic N) is 2. The van der Waals surface area contributed by atoms with Crippen molar-refractivity contribution in [3.8, 4) is 0 Å². The van der Waals surface area contributed by atoms with Gasteiger partial charge in [0.15, 0.2) is 0 Å². The molecular formula is C28H58N2O. The molecule has 0 aliphatic rings. The fourth-order valence-corrected chi connectivity index (χ4v) is 4.58. The van der Waals surface area contributed by atoms with Crippen molar-refractivity contribution in [2.45, 2.75) is 156 Å². The summed E-state index contributed by atoms with van der Waals surface area (Å²) in [6.07, 6.45) is 27.1. The average Bonchev–Trinajstić information content (AvgIpc) is 2.78. The van der Waals surface area contributed by atoms with E-state index in [1.54, 1.807) is 0 Å². The highest BCUT2D eigenvalue weighted by molar-refractivity contribution is 5.75. The summed E-state index contributed by atoms with van der Waals surface area (Å²) in [5, 5.41) is 4.09. The molecule has 3 nitrogen and oxygen atoms in total. The molecule has 0 aromatic heterocycles. The molecule has 1 amide bonds. The van der Waals surface area contributed by atoms with Gasteiger partial charge in [-0.2, -0.15) is 0 Å². The Hall–Kier alpha value is -0.570. The lowest BCUT2D eigenvalue weighted by molar-refractivity contribution is -0.148. The molecule has 0 fully saturated rings. The summed E-state index contributed by atoms with van der Waals surface area (Å²) in [7, 11) is 0. The summed E-state index contributed by atoms with van der Waals surface area (Å²) in [4.78, 5) is 12.4. The maximum atomic E-state index is 12.4. The first-order chi connectivity index (χ1) is 15.2. The fourth-order valence-electron chi connectivity index (χ4n) is 4.58. The summed E-state index contributed by atoms with van der Waals surface area (Å²) in [6, 6.07) is 0. The molecule has 3 heteroatoms. The molecule has 0 bridgehead atoms. The van der Waals surface area contributed by atoms with Crippen LogP contribution in [0.5, 0.6) is 0 Å². The Morgan fingerprint density at radius 1 is 0.452 bits per heavy atom. The number of hydrogen-bond donors (Lipinski definition) is 0. The summed E-state index contributed by atoms with van der Waals surface area (Å²) in [6.45, 7) is 11.2. The van der Waals surface area contributed by atoms with Crippen molar-refractivity contribution in [3.63, 3.8) is 0 Å². The van der Waals surface area contributed by atoms with Gasteiger partial charge < -0.3 is 0 Å². The minimum atomic E-state index is 0.304. The van der Waals surface area contributed by atoms with E-state index in [0.717, 1.165) is 26.1 Å². The van der Waals surface area contributed by atoms with Crippen molar-refractivity contribution in [2.24, 2.45) is 0 Å². The normalized spacial score (nSPS) is 11.4. The smallest absolute Gasteiger partial charge is 0.236 e. The molecule has 31 heavy (non-hydrogen) atoms. The highest BCUT2D eigenvalue weighted by Gasteiger charge is 2.16. The van der Waals surface area contributed by atoms with Gasteiger partial charge in [0.2, 0.25) is 5.91 Å². The second kappa shape index (κ2) is 24.1. The topological polar surface area (TPSA) is 23.6 Å². The van der Waals surface area contributed by atoms with E-state index in [0.29, 0.717) is 12.3 Å². The molecule has 0 aliphatic heterocycles. The van der Waals surface area contributed by atoms with Gasteiger partial charge in [-0.25, -0.2) is 5.01 Å². The second-order valence-corrected chi connectivity index (χ2v) is 9.36. The van der Waals surface area contributed by atoms with E-state index in [1.165, 1.54) is 116 Å². The van der Waals surface area contributed by atoms with Crippen molar-refractivity contribution in [1.82, 2.24) is 10.0 Å². The number of carbonyl (C=O) groups excluding carboxylic acids is 1. The monoisotopic (exact) mass is 438 g/mol.